The maximum Gasteiger partial charge on any atom is 0.0951 e. The Bertz CT molecular complexity index is 409. The minimum absolute atomic E-state index is 0.234. The molecule has 0 aromatic carbocycles. The van der Waals surface area contributed by atoms with E-state index >= 15 is 0 Å². The van der Waals surface area contributed by atoms with Gasteiger partial charge in [0.05, 0.1) is 18.5 Å². The molecule has 0 radical (unpaired) electrons. The van der Waals surface area contributed by atoms with Crippen LogP contribution in [0.25, 0.3) is 0 Å². The van der Waals surface area contributed by atoms with E-state index in [2.05, 4.69) is 28.0 Å². The predicted molar refractivity (Wildman–Crippen MR) is 70.8 cm³/mol. The summed E-state index contributed by atoms with van der Waals surface area (Å²) in [6.45, 7) is 4.51. The first-order chi connectivity index (χ1) is 8.74. The van der Waals surface area contributed by atoms with Crippen LogP contribution in [0.1, 0.15) is 44.3 Å². The Morgan fingerprint density at radius 1 is 1.50 bits per heavy atom. The third-order valence-electron chi connectivity index (χ3n) is 4.73. The molecule has 3 atom stereocenters. The van der Waals surface area contributed by atoms with Crippen LogP contribution in [0, 0.1) is 0 Å². The molecule has 18 heavy (non-hydrogen) atoms. The Morgan fingerprint density at radius 2 is 2.39 bits per heavy atom. The number of hydrogen-bond acceptors (Lipinski definition) is 3. The summed E-state index contributed by atoms with van der Waals surface area (Å²) >= 11 is 0. The van der Waals surface area contributed by atoms with E-state index in [0.717, 1.165) is 13.1 Å². The van der Waals surface area contributed by atoms with Crippen molar-refractivity contribution in [2.75, 3.05) is 20.2 Å². The molecule has 1 aromatic rings. The minimum Gasteiger partial charge on any atom is -0.379 e. The SMILES string of the molecule is COC1CCCC1n1cncc1C1(C)CCNC1. The summed E-state index contributed by atoms with van der Waals surface area (Å²) in [5.41, 5.74) is 1.61. The zero-order chi connectivity index (χ0) is 12.6. The Kier molecular flexibility index (Phi) is 3.16. The van der Waals surface area contributed by atoms with Gasteiger partial charge in [0.25, 0.3) is 0 Å². The summed E-state index contributed by atoms with van der Waals surface area (Å²) in [6.07, 6.45) is 9.26. The van der Waals surface area contributed by atoms with Crippen LogP contribution in [-0.4, -0.2) is 35.9 Å². The second-order valence-corrected chi connectivity index (χ2v) is 5.95. The molecule has 3 unspecified atom stereocenters. The molecule has 0 spiro atoms. The molecular weight excluding hydrogens is 226 g/mol. The average molecular weight is 249 g/mol. The van der Waals surface area contributed by atoms with Crippen LogP contribution in [-0.2, 0) is 10.2 Å². The molecule has 2 aliphatic rings. The molecule has 2 fully saturated rings. The summed E-state index contributed by atoms with van der Waals surface area (Å²) < 4.78 is 8.02. The molecule has 4 heteroatoms. The lowest BCUT2D eigenvalue weighted by Crippen LogP contribution is -2.31. The smallest absolute Gasteiger partial charge is 0.0951 e. The molecule has 1 N–H and O–H groups in total. The lowest BCUT2D eigenvalue weighted by Gasteiger charge is -2.29. The Hall–Kier alpha value is -0.870. The molecule has 1 aliphatic heterocycles. The lowest BCUT2D eigenvalue weighted by molar-refractivity contribution is 0.0731. The van der Waals surface area contributed by atoms with Gasteiger partial charge in [0.2, 0.25) is 0 Å². The summed E-state index contributed by atoms with van der Waals surface area (Å²) in [5, 5.41) is 3.47. The van der Waals surface area contributed by atoms with E-state index < -0.39 is 0 Å². The Labute approximate surface area is 109 Å². The molecule has 4 nitrogen and oxygen atoms in total. The van der Waals surface area contributed by atoms with Crippen LogP contribution in [0.5, 0.6) is 0 Å². The van der Waals surface area contributed by atoms with Gasteiger partial charge in [-0.15, -0.1) is 0 Å². The first kappa shape index (κ1) is 12.2. The van der Waals surface area contributed by atoms with Gasteiger partial charge in [0.1, 0.15) is 0 Å². The van der Waals surface area contributed by atoms with Gasteiger partial charge in [-0.05, 0) is 32.2 Å². The number of aromatic nitrogens is 2. The minimum atomic E-state index is 0.234. The largest absolute Gasteiger partial charge is 0.379 e. The summed E-state index contributed by atoms with van der Waals surface area (Å²) in [5.74, 6) is 0. The molecular formula is C14H23N3O. The normalized spacial score (nSPS) is 36.3. The van der Waals surface area contributed by atoms with E-state index in [9.17, 15) is 0 Å². The van der Waals surface area contributed by atoms with Crippen molar-refractivity contribution in [3.63, 3.8) is 0 Å². The summed E-state index contributed by atoms with van der Waals surface area (Å²) in [6, 6.07) is 0.477. The fourth-order valence-electron chi connectivity index (χ4n) is 3.57. The quantitative estimate of drug-likeness (QED) is 0.889. The van der Waals surface area contributed by atoms with E-state index in [1.807, 2.05) is 13.4 Å². The second kappa shape index (κ2) is 4.67. The van der Waals surface area contributed by atoms with Crippen LogP contribution in [0.15, 0.2) is 12.5 Å². The van der Waals surface area contributed by atoms with E-state index in [1.165, 1.54) is 31.4 Å². The highest BCUT2D eigenvalue weighted by atomic mass is 16.5. The number of nitrogens with zero attached hydrogens (tertiary/aromatic N) is 2. The van der Waals surface area contributed by atoms with Crippen LogP contribution in [0.2, 0.25) is 0 Å². The zero-order valence-electron chi connectivity index (χ0n) is 11.4. The van der Waals surface area contributed by atoms with Crippen LogP contribution in [0.3, 0.4) is 0 Å². The van der Waals surface area contributed by atoms with Gasteiger partial charge in [0, 0.05) is 31.0 Å². The van der Waals surface area contributed by atoms with E-state index in [1.54, 1.807) is 0 Å². The van der Waals surface area contributed by atoms with Crippen LogP contribution in [0.4, 0.5) is 0 Å². The van der Waals surface area contributed by atoms with Crippen molar-refractivity contribution in [1.29, 1.82) is 0 Å². The van der Waals surface area contributed by atoms with E-state index in [0.29, 0.717) is 12.1 Å². The highest BCUT2D eigenvalue weighted by Crippen LogP contribution is 2.37. The third-order valence-corrected chi connectivity index (χ3v) is 4.73. The molecule has 1 saturated carbocycles. The molecule has 1 aromatic heterocycles. The number of ether oxygens (including phenoxy) is 1. The van der Waals surface area contributed by atoms with Crippen molar-refractivity contribution in [2.24, 2.45) is 0 Å². The van der Waals surface area contributed by atoms with Crippen molar-refractivity contribution in [3.8, 4) is 0 Å². The predicted octanol–water partition coefficient (Wildman–Crippen LogP) is 1.87. The number of hydrogen-bond donors (Lipinski definition) is 1. The molecule has 1 saturated heterocycles. The van der Waals surface area contributed by atoms with Gasteiger partial charge in [-0.25, -0.2) is 4.98 Å². The summed E-state index contributed by atoms with van der Waals surface area (Å²) in [4.78, 5) is 4.40. The second-order valence-electron chi connectivity index (χ2n) is 5.95. The van der Waals surface area contributed by atoms with Gasteiger partial charge in [-0.1, -0.05) is 6.92 Å². The van der Waals surface area contributed by atoms with Crippen LogP contribution < -0.4 is 5.32 Å². The first-order valence-corrected chi connectivity index (χ1v) is 7.00. The maximum absolute atomic E-state index is 5.63. The van der Waals surface area contributed by atoms with E-state index in [-0.39, 0.29) is 5.41 Å². The topological polar surface area (TPSA) is 39.1 Å². The number of methoxy groups -OCH3 is 1. The van der Waals surface area contributed by atoms with Crippen molar-refractivity contribution in [1.82, 2.24) is 14.9 Å². The molecule has 0 amide bonds. The highest BCUT2D eigenvalue weighted by molar-refractivity contribution is 5.18. The van der Waals surface area contributed by atoms with Crippen molar-refractivity contribution in [3.05, 3.63) is 18.2 Å². The number of rotatable bonds is 3. The summed E-state index contributed by atoms with van der Waals surface area (Å²) in [7, 11) is 1.83. The Morgan fingerprint density at radius 3 is 3.11 bits per heavy atom. The standard InChI is InChI=1S/C14H23N3O/c1-14(6-7-15-9-14)13-8-16-10-17(13)11-4-3-5-12(11)18-2/h8,10-12,15H,3-7,9H2,1-2H3. The molecule has 2 heterocycles. The zero-order valence-corrected chi connectivity index (χ0v) is 11.4. The Balaban J connectivity index is 1.91. The monoisotopic (exact) mass is 249 g/mol. The fraction of sp³-hybridized carbons (Fsp3) is 0.786. The molecule has 1 aliphatic carbocycles. The van der Waals surface area contributed by atoms with Crippen LogP contribution >= 0.6 is 0 Å². The van der Waals surface area contributed by atoms with Crippen molar-refractivity contribution < 1.29 is 4.74 Å². The van der Waals surface area contributed by atoms with Gasteiger partial charge in [0.15, 0.2) is 0 Å². The van der Waals surface area contributed by atoms with E-state index in [4.69, 9.17) is 4.74 Å². The van der Waals surface area contributed by atoms with Crippen molar-refractivity contribution in [2.45, 2.75) is 50.2 Å². The number of imidazole rings is 1. The number of nitrogens with one attached hydrogen (secondary N) is 1. The third kappa shape index (κ3) is 1.88. The van der Waals surface area contributed by atoms with Gasteiger partial charge in [-0.3, -0.25) is 0 Å². The maximum atomic E-state index is 5.63. The highest BCUT2D eigenvalue weighted by Gasteiger charge is 2.37. The first-order valence-electron chi connectivity index (χ1n) is 7.00. The average Bonchev–Trinajstić information content (AvgIpc) is 3.08. The van der Waals surface area contributed by atoms with Gasteiger partial charge in [-0.2, -0.15) is 0 Å². The van der Waals surface area contributed by atoms with Gasteiger partial charge < -0.3 is 14.6 Å². The molecule has 0 bridgehead atoms. The molecule has 100 valence electrons. The van der Waals surface area contributed by atoms with Gasteiger partial charge >= 0.3 is 0 Å². The lowest BCUT2D eigenvalue weighted by atomic mass is 9.86. The molecule has 3 rings (SSSR count). The van der Waals surface area contributed by atoms with Crippen molar-refractivity contribution >= 4 is 0 Å². The fourth-order valence-corrected chi connectivity index (χ4v) is 3.57.